The molecule has 8 heteroatoms. The number of carbonyl (C=O) groups excluding carboxylic acids is 1. The van der Waals surface area contributed by atoms with Gasteiger partial charge < -0.3 is 0 Å². The van der Waals surface area contributed by atoms with E-state index in [0.29, 0.717) is 10.7 Å². The third kappa shape index (κ3) is 2.74. The predicted octanol–water partition coefficient (Wildman–Crippen LogP) is 1.76. The number of non-ortho nitro benzene ring substituents is 1. The summed E-state index contributed by atoms with van der Waals surface area (Å²) < 4.78 is 0. The summed E-state index contributed by atoms with van der Waals surface area (Å²) in [6.07, 6.45) is 0. The van der Waals surface area contributed by atoms with E-state index in [1.54, 1.807) is 0 Å². The Balaban J connectivity index is 2.90. The van der Waals surface area contributed by atoms with Gasteiger partial charge in [0.1, 0.15) is 0 Å². The standard InChI is InChI=1S/C9H10N4O4/c1-11(9(14)12(2)10-15)7-3-5-8(6-4-7)13(16)17/h3-6H,1-2H3. The molecule has 0 atom stereocenters. The molecule has 17 heavy (non-hydrogen) atoms. The number of nitro benzene ring substituents is 1. The van der Waals surface area contributed by atoms with Gasteiger partial charge in [0.25, 0.3) is 5.69 Å². The topological polar surface area (TPSA) is 96.1 Å². The Morgan fingerprint density at radius 3 is 2.24 bits per heavy atom. The van der Waals surface area contributed by atoms with Gasteiger partial charge >= 0.3 is 6.03 Å². The van der Waals surface area contributed by atoms with Crippen molar-refractivity contribution in [3.8, 4) is 0 Å². The molecule has 90 valence electrons. The number of urea groups is 1. The molecule has 0 saturated carbocycles. The van der Waals surface area contributed by atoms with Crippen LogP contribution in [0.2, 0.25) is 0 Å². The molecule has 0 fully saturated rings. The molecule has 0 saturated heterocycles. The van der Waals surface area contributed by atoms with Crippen LogP contribution in [0, 0.1) is 15.0 Å². The van der Waals surface area contributed by atoms with Crippen LogP contribution in [0.3, 0.4) is 0 Å². The highest BCUT2D eigenvalue weighted by Crippen LogP contribution is 2.19. The fourth-order valence-electron chi connectivity index (χ4n) is 1.16. The molecule has 1 aromatic carbocycles. The van der Waals surface area contributed by atoms with Crippen molar-refractivity contribution >= 4 is 17.4 Å². The predicted molar refractivity (Wildman–Crippen MR) is 60.5 cm³/mol. The summed E-state index contributed by atoms with van der Waals surface area (Å²) >= 11 is 0. The van der Waals surface area contributed by atoms with Crippen molar-refractivity contribution in [3.63, 3.8) is 0 Å². The summed E-state index contributed by atoms with van der Waals surface area (Å²) in [4.78, 5) is 32.7. The number of nitroso groups, excluding NO2 is 1. The van der Waals surface area contributed by atoms with E-state index in [-0.39, 0.29) is 5.69 Å². The third-order valence-corrected chi connectivity index (χ3v) is 2.13. The quantitative estimate of drug-likeness (QED) is 0.455. The summed E-state index contributed by atoms with van der Waals surface area (Å²) in [7, 11) is 2.66. The Morgan fingerprint density at radius 1 is 1.29 bits per heavy atom. The molecule has 0 heterocycles. The fourth-order valence-corrected chi connectivity index (χ4v) is 1.16. The van der Waals surface area contributed by atoms with Gasteiger partial charge in [0.2, 0.25) is 0 Å². The lowest BCUT2D eigenvalue weighted by Crippen LogP contribution is -2.35. The molecule has 0 N–H and O–H groups in total. The Morgan fingerprint density at radius 2 is 1.82 bits per heavy atom. The van der Waals surface area contributed by atoms with E-state index in [1.165, 1.54) is 38.4 Å². The molecule has 1 aromatic rings. The minimum atomic E-state index is -0.631. The minimum absolute atomic E-state index is 0.0727. The second kappa shape index (κ2) is 5.01. The molecule has 2 amide bonds. The van der Waals surface area contributed by atoms with E-state index < -0.39 is 11.0 Å². The van der Waals surface area contributed by atoms with Crippen molar-refractivity contribution in [2.45, 2.75) is 0 Å². The van der Waals surface area contributed by atoms with Gasteiger partial charge in [-0.2, -0.15) is 5.01 Å². The average Bonchev–Trinajstić information content (AvgIpc) is 2.36. The van der Waals surface area contributed by atoms with E-state index in [0.717, 1.165) is 4.90 Å². The zero-order valence-electron chi connectivity index (χ0n) is 9.23. The molecular weight excluding hydrogens is 228 g/mol. The largest absolute Gasteiger partial charge is 0.346 e. The third-order valence-electron chi connectivity index (χ3n) is 2.13. The van der Waals surface area contributed by atoms with Gasteiger partial charge in [-0.1, -0.05) is 0 Å². The molecule has 0 aromatic heterocycles. The maximum Gasteiger partial charge on any atom is 0.346 e. The molecule has 0 radical (unpaired) electrons. The number of rotatable bonds is 3. The second-order valence-electron chi connectivity index (χ2n) is 3.22. The van der Waals surface area contributed by atoms with Crippen molar-refractivity contribution in [1.29, 1.82) is 0 Å². The normalized spacial score (nSPS) is 9.53. The molecule has 0 aliphatic carbocycles. The number of anilines is 1. The van der Waals surface area contributed by atoms with Crippen LogP contribution in [0.15, 0.2) is 29.6 Å². The van der Waals surface area contributed by atoms with E-state index in [9.17, 15) is 19.8 Å². The van der Waals surface area contributed by atoms with Crippen LogP contribution in [-0.2, 0) is 0 Å². The van der Waals surface area contributed by atoms with Crippen LogP contribution < -0.4 is 4.90 Å². The summed E-state index contributed by atoms with van der Waals surface area (Å²) in [6.45, 7) is 0. The second-order valence-corrected chi connectivity index (χ2v) is 3.22. The summed E-state index contributed by atoms with van der Waals surface area (Å²) in [6, 6.07) is 4.73. The Hall–Kier alpha value is -2.51. The van der Waals surface area contributed by atoms with Crippen molar-refractivity contribution in [2.24, 2.45) is 5.29 Å². The lowest BCUT2D eigenvalue weighted by atomic mass is 10.3. The van der Waals surface area contributed by atoms with E-state index in [1.807, 2.05) is 0 Å². The van der Waals surface area contributed by atoms with Crippen LogP contribution >= 0.6 is 0 Å². The summed E-state index contributed by atoms with van der Waals surface area (Å²) in [5, 5.41) is 13.5. The highest BCUT2D eigenvalue weighted by atomic mass is 16.6. The number of nitro groups is 1. The van der Waals surface area contributed by atoms with Gasteiger partial charge in [0, 0.05) is 31.9 Å². The van der Waals surface area contributed by atoms with E-state index >= 15 is 0 Å². The first-order valence-electron chi connectivity index (χ1n) is 4.56. The van der Waals surface area contributed by atoms with Crippen LogP contribution in [-0.4, -0.2) is 30.1 Å². The van der Waals surface area contributed by atoms with Crippen molar-refractivity contribution in [3.05, 3.63) is 39.3 Å². The lowest BCUT2D eigenvalue weighted by molar-refractivity contribution is -0.384. The monoisotopic (exact) mass is 238 g/mol. The molecule has 0 aliphatic rings. The zero-order valence-corrected chi connectivity index (χ0v) is 9.23. The van der Waals surface area contributed by atoms with Crippen molar-refractivity contribution in [1.82, 2.24) is 5.01 Å². The molecule has 0 aliphatic heterocycles. The van der Waals surface area contributed by atoms with Crippen LogP contribution in [0.5, 0.6) is 0 Å². The maximum atomic E-state index is 11.5. The SMILES string of the molecule is CN(N=O)C(=O)N(C)c1ccc([N+](=O)[O-])cc1. The molecule has 0 unspecified atom stereocenters. The van der Waals surface area contributed by atoms with Gasteiger partial charge in [-0.25, -0.2) is 4.79 Å². The van der Waals surface area contributed by atoms with Gasteiger partial charge in [0.15, 0.2) is 0 Å². The van der Waals surface area contributed by atoms with Crippen molar-refractivity contribution in [2.75, 3.05) is 19.0 Å². The Kier molecular flexibility index (Phi) is 3.70. The molecule has 0 spiro atoms. The molecule has 0 bridgehead atoms. The Bertz CT molecular complexity index is 445. The fraction of sp³-hybridized carbons (Fsp3) is 0.222. The average molecular weight is 238 g/mol. The number of amides is 2. The van der Waals surface area contributed by atoms with Crippen molar-refractivity contribution < 1.29 is 9.72 Å². The van der Waals surface area contributed by atoms with Gasteiger partial charge in [-0.3, -0.25) is 15.0 Å². The number of benzene rings is 1. The number of hydrogen-bond donors (Lipinski definition) is 0. The number of carbonyl (C=O) groups is 1. The Labute approximate surface area is 96.5 Å². The summed E-state index contributed by atoms with van der Waals surface area (Å²) in [5.41, 5.74) is 0.354. The summed E-state index contributed by atoms with van der Waals surface area (Å²) in [5.74, 6) is 0. The molecule has 1 rings (SSSR count). The zero-order chi connectivity index (χ0) is 13.0. The van der Waals surface area contributed by atoms with Gasteiger partial charge in [0.05, 0.1) is 10.2 Å². The van der Waals surface area contributed by atoms with Gasteiger partial charge in [-0.05, 0) is 12.1 Å². The van der Waals surface area contributed by atoms with E-state index in [4.69, 9.17) is 0 Å². The first-order valence-corrected chi connectivity index (χ1v) is 4.56. The van der Waals surface area contributed by atoms with Crippen LogP contribution in [0.25, 0.3) is 0 Å². The lowest BCUT2D eigenvalue weighted by Gasteiger charge is -2.19. The number of nitrogens with zero attached hydrogens (tertiary/aromatic N) is 4. The maximum absolute atomic E-state index is 11.5. The van der Waals surface area contributed by atoms with E-state index in [2.05, 4.69) is 5.29 Å². The van der Waals surface area contributed by atoms with Gasteiger partial charge in [-0.15, -0.1) is 4.91 Å². The highest BCUT2D eigenvalue weighted by Gasteiger charge is 2.16. The van der Waals surface area contributed by atoms with Crippen LogP contribution in [0.1, 0.15) is 0 Å². The molecule has 8 nitrogen and oxygen atoms in total. The van der Waals surface area contributed by atoms with Crippen LogP contribution in [0.4, 0.5) is 16.2 Å². The molecular formula is C9H10N4O4. The first kappa shape index (κ1) is 12.6. The highest BCUT2D eigenvalue weighted by molar-refractivity contribution is 5.91. The minimum Gasteiger partial charge on any atom is -0.296 e. The number of hydrogen-bond acceptors (Lipinski definition) is 5. The smallest absolute Gasteiger partial charge is 0.296 e. The first-order chi connectivity index (χ1) is 7.97.